The summed E-state index contributed by atoms with van der Waals surface area (Å²) >= 11 is 0. The minimum atomic E-state index is -4.32. The summed E-state index contributed by atoms with van der Waals surface area (Å²) in [6.45, 7) is 2.66. The third-order valence-corrected chi connectivity index (χ3v) is 3.83. The molecular weight excluding hydrogens is 291 g/mol. The number of alkyl halides is 3. The molecule has 1 aliphatic carbocycles. The number of nitrogens with zero attached hydrogens (tertiary/aromatic N) is 1. The van der Waals surface area contributed by atoms with E-state index in [-0.39, 0.29) is 6.04 Å². The summed E-state index contributed by atoms with van der Waals surface area (Å²) in [6, 6.07) is 5.12. The van der Waals surface area contributed by atoms with Gasteiger partial charge in [0.15, 0.2) is 5.96 Å². The van der Waals surface area contributed by atoms with Crippen molar-refractivity contribution in [2.75, 3.05) is 13.6 Å². The number of hydrogen-bond acceptors (Lipinski definition) is 1. The van der Waals surface area contributed by atoms with Crippen molar-refractivity contribution in [3.63, 3.8) is 0 Å². The second-order valence-corrected chi connectivity index (χ2v) is 5.72. The highest BCUT2D eigenvalue weighted by Gasteiger charge is 2.30. The van der Waals surface area contributed by atoms with Crippen molar-refractivity contribution in [1.29, 1.82) is 0 Å². The maximum Gasteiger partial charge on any atom is 0.416 e. The van der Waals surface area contributed by atoms with Gasteiger partial charge in [0.05, 0.1) is 11.6 Å². The summed E-state index contributed by atoms with van der Waals surface area (Å²) < 4.78 is 38.3. The predicted octanol–water partition coefficient (Wildman–Crippen LogP) is 3.73. The first kappa shape index (κ1) is 16.6. The Hall–Kier alpha value is -1.72. The lowest BCUT2D eigenvalue weighted by molar-refractivity contribution is -0.137. The van der Waals surface area contributed by atoms with E-state index in [1.807, 2.05) is 6.92 Å². The van der Waals surface area contributed by atoms with Gasteiger partial charge >= 0.3 is 6.18 Å². The molecule has 122 valence electrons. The fraction of sp³-hybridized carbons (Fsp3) is 0.562. The molecule has 1 aromatic rings. The standard InChI is InChI=1S/C16H22F3N3/c1-11(13-4-3-5-14(10-13)16(17,18)19)22-15(20-2)21-9-8-12-6-7-12/h3-5,10-12H,6-9H2,1-2H3,(H2,20,21,22). The Balaban J connectivity index is 1.93. The molecule has 3 nitrogen and oxygen atoms in total. The van der Waals surface area contributed by atoms with E-state index in [9.17, 15) is 13.2 Å². The maximum absolute atomic E-state index is 12.8. The van der Waals surface area contributed by atoms with Crippen LogP contribution in [0.4, 0.5) is 13.2 Å². The van der Waals surface area contributed by atoms with E-state index < -0.39 is 11.7 Å². The second kappa shape index (κ2) is 7.03. The molecule has 1 aliphatic rings. The Bertz CT molecular complexity index is 522. The molecule has 0 heterocycles. The van der Waals surface area contributed by atoms with Crippen LogP contribution in [0.1, 0.15) is 43.4 Å². The van der Waals surface area contributed by atoms with Gasteiger partial charge in [-0.15, -0.1) is 0 Å². The van der Waals surface area contributed by atoms with Crippen molar-refractivity contribution < 1.29 is 13.2 Å². The molecule has 22 heavy (non-hydrogen) atoms. The molecule has 1 aromatic carbocycles. The van der Waals surface area contributed by atoms with Gasteiger partial charge in [0.2, 0.25) is 0 Å². The zero-order chi connectivity index (χ0) is 16.2. The van der Waals surface area contributed by atoms with Gasteiger partial charge in [-0.1, -0.05) is 25.0 Å². The molecule has 2 rings (SSSR count). The Morgan fingerprint density at radius 3 is 2.68 bits per heavy atom. The summed E-state index contributed by atoms with van der Waals surface area (Å²) in [7, 11) is 1.66. The molecule has 1 atom stereocenters. The van der Waals surface area contributed by atoms with Gasteiger partial charge in [-0.05, 0) is 37.0 Å². The number of aliphatic imine (C=N–C) groups is 1. The van der Waals surface area contributed by atoms with Crippen LogP contribution in [-0.4, -0.2) is 19.6 Å². The van der Waals surface area contributed by atoms with E-state index in [4.69, 9.17) is 0 Å². The van der Waals surface area contributed by atoms with Gasteiger partial charge in [0.25, 0.3) is 0 Å². The number of guanidine groups is 1. The molecule has 6 heteroatoms. The number of nitrogens with one attached hydrogen (secondary N) is 2. The summed E-state index contributed by atoms with van der Waals surface area (Å²) in [5, 5.41) is 6.33. The minimum absolute atomic E-state index is 0.255. The molecule has 0 spiro atoms. The fourth-order valence-corrected chi connectivity index (χ4v) is 2.27. The topological polar surface area (TPSA) is 36.4 Å². The van der Waals surface area contributed by atoms with Gasteiger partial charge in [-0.3, -0.25) is 4.99 Å². The Morgan fingerprint density at radius 1 is 1.36 bits per heavy atom. The maximum atomic E-state index is 12.8. The first-order valence-electron chi connectivity index (χ1n) is 7.54. The number of benzene rings is 1. The van der Waals surface area contributed by atoms with Crippen LogP contribution >= 0.6 is 0 Å². The molecule has 0 saturated heterocycles. The van der Waals surface area contributed by atoms with Crippen molar-refractivity contribution in [3.8, 4) is 0 Å². The molecule has 1 unspecified atom stereocenters. The van der Waals surface area contributed by atoms with Gasteiger partial charge in [0, 0.05) is 13.6 Å². The lowest BCUT2D eigenvalue weighted by atomic mass is 10.1. The molecular formula is C16H22F3N3. The van der Waals surface area contributed by atoms with E-state index in [2.05, 4.69) is 15.6 Å². The van der Waals surface area contributed by atoms with Crippen LogP contribution in [-0.2, 0) is 6.18 Å². The summed E-state index contributed by atoms with van der Waals surface area (Å²) in [4.78, 5) is 4.11. The van der Waals surface area contributed by atoms with Crippen molar-refractivity contribution in [3.05, 3.63) is 35.4 Å². The van der Waals surface area contributed by atoms with Crippen molar-refractivity contribution >= 4 is 5.96 Å². The highest BCUT2D eigenvalue weighted by molar-refractivity contribution is 5.80. The van der Waals surface area contributed by atoms with E-state index in [1.165, 1.54) is 25.0 Å². The van der Waals surface area contributed by atoms with E-state index in [0.717, 1.165) is 24.9 Å². The predicted molar refractivity (Wildman–Crippen MR) is 81.7 cm³/mol. The average molecular weight is 313 g/mol. The molecule has 0 bridgehead atoms. The largest absolute Gasteiger partial charge is 0.416 e. The van der Waals surface area contributed by atoms with Crippen LogP contribution in [0.25, 0.3) is 0 Å². The smallest absolute Gasteiger partial charge is 0.356 e. The van der Waals surface area contributed by atoms with Gasteiger partial charge in [-0.2, -0.15) is 13.2 Å². The Labute approximate surface area is 129 Å². The fourth-order valence-electron chi connectivity index (χ4n) is 2.27. The molecule has 1 saturated carbocycles. The van der Waals surface area contributed by atoms with Crippen LogP contribution in [0.15, 0.2) is 29.3 Å². The van der Waals surface area contributed by atoms with Gasteiger partial charge < -0.3 is 10.6 Å². The minimum Gasteiger partial charge on any atom is -0.356 e. The van der Waals surface area contributed by atoms with Crippen molar-refractivity contribution in [2.24, 2.45) is 10.9 Å². The normalized spacial score (nSPS) is 17.2. The first-order valence-corrected chi connectivity index (χ1v) is 7.54. The van der Waals surface area contributed by atoms with Crippen molar-refractivity contribution in [1.82, 2.24) is 10.6 Å². The zero-order valence-corrected chi connectivity index (χ0v) is 12.9. The average Bonchev–Trinajstić information content (AvgIpc) is 3.29. The molecule has 1 fully saturated rings. The van der Waals surface area contributed by atoms with Crippen LogP contribution in [0.3, 0.4) is 0 Å². The number of halogens is 3. The van der Waals surface area contributed by atoms with Crippen molar-refractivity contribution in [2.45, 2.75) is 38.4 Å². The third-order valence-electron chi connectivity index (χ3n) is 3.83. The highest BCUT2D eigenvalue weighted by atomic mass is 19.4. The number of rotatable bonds is 5. The lowest BCUT2D eigenvalue weighted by Gasteiger charge is -2.19. The number of hydrogen-bond donors (Lipinski definition) is 2. The third kappa shape index (κ3) is 4.93. The van der Waals surface area contributed by atoms with Gasteiger partial charge in [-0.25, -0.2) is 0 Å². The van der Waals surface area contributed by atoms with E-state index in [1.54, 1.807) is 13.1 Å². The lowest BCUT2D eigenvalue weighted by Crippen LogP contribution is -2.39. The van der Waals surface area contributed by atoms with Crippen LogP contribution in [0.2, 0.25) is 0 Å². The quantitative estimate of drug-likeness (QED) is 0.642. The van der Waals surface area contributed by atoms with Crippen LogP contribution in [0, 0.1) is 5.92 Å². The van der Waals surface area contributed by atoms with Gasteiger partial charge in [0.1, 0.15) is 0 Å². The Morgan fingerprint density at radius 2 is 2.09 bits per heavy atom. The highest BCUT2D eigenvalue weighted by Crippen LogP contribution is 2.32. The zero-order valence-electron chi connectivity index (χ0n) is 12.9. The van der Waals surface area contributed by atoms with E-state index in [0.29, 0.717) is 11.5 Å². The summed E-state index contributed by atoms with van der Waals surface area (Å²) in [5.41, 5.74) is -0.0460. The molecule has 2 N–H and O–H groups in total. The molecule has 0 aliphatic heterocycles. The molecule has 0 amide bonds. The summed E-state index contributed by atoms with van der Waals surface area (Å²) in [6.07, 6.45) is -0.610. The molecule has 0 radical (unpaired) electrons. The molecule has 0 aromatic heterocycles. The van der Waals surface area contributed by atoms with E-state index >= 15 is 0 Å². The van der Waals surface area contributed by atoms with Crippen LogP contribution in [0.5, 0.6) is 0 Å². The van der Waals surface area contributed by atoms with Crippen LogP contribution < -0.4 is 10.6 Å². The summed E-state index contributed by atoms with van der Waals surface area (Å²) in [5.74, 6) is 1.44. The monoisotopic (exact) mass is 313 g/mol. The first-order chi connectivity index (χ1) is 10.4. The Kier molecular flexibility index (Phi) is 5.32. The SMILES string of the molecule is CN=C(NCCC1CC1)NC(C)c1cccc(C(F)(F)F)c1. The second-order valence-electron chi connectivity index (χ2n) is 5.72.